The molecule has 1 aliphatic rings. The molecule has 0 bridgehead atoms. The van der Waals surface area contributed by atoms with Crippen LogP contribution in [0.25, 0.3) is 0 Å². The van der Waals surface area contributed by atoms with Crippen molar-refractivity contribution in [2.75, 3.05) is 55.9 Å². The van der Waals surface area contributed by atoms with Gasteiger partial charge in [-0.1, -0.05) is 6.07 Å². The molecular formula is C19H26N6O3. The van der Waals surface area contributed by atoms with E-state index in [0.717, 1.165) is 18.8 Å². The molecule has 2 heterocycles. The molecule has 0 aliphatic carbocycles. The van der Waals surface area contributed by atoms with Crippen molar-refractivity contribution in [3.8, 4) is 11.5 Å². The summed E-state index contributed by atoms with van der Waals surface area (Å²) in [6.45, 7) is 3.07. The van der Waals surface area contributed by atoms with E-state index in [-0.39, 0.29) is 6.03 Å². The van der Waals surface area contributed by atoms with Gasteiger partial charge in [-0.15, -0.1) is 5.10 Å². The molecule has 0 spiro atoms. The monoisotopic (exact) mass is 386 g/mol. The Labute approximate surface area is 164 Å². The number of nitrogens with zero attached hydrogens (tertiary/aromatic N) is 3. The fourth-order valence-corrected chi connectivity index (χ4v) is 3.11. The third-order valence-electron chi connectivity index (χ3n) is 4.48. The zero-order valence-electron chi connectivity index (χ0n) is 16.2. The van der Waals surface area contributed by atoms with E-state index in [1.165, 1.54) is 20.0 Å². The van der Waals surface area contributed by atoms with Crippen molar-refractivity contribution in [1.82, 2.24) is 15.5 Å². The maximum Gasteiger partial charge on any atom is 0.319 e. The summed E-state index contributed by atoms with van der Waals surface area (Å²) in [6.07, 6.45) is 4.20. The van der Waals surface area contributed by atoms with Crippen molar-refractivity contribution >= 4 is 23.2 Å². The quantitative estimate of drug-likeness (QED) is 0.599. The zero-order chi connectivity index (χ0) is 19.8. The molecule has 9 heteroatoms. The molecule has 3 N–H and O–H groups in total. The third kappa shape index (κ3) is 4.93. The van der Waals surface area contributed by atoms with E-state index in [1.54, 1.807) is 31.5 Å². The summed E-state index contributed by atoms with van der Waals surface area (Å²) in [5, 5.41) is 16.9. The van der Waals surface area contributed by atoms with E-state index in [2.05, 4.69) is 31.0 Å². The first-order valence-electron chi connectivity index (χ1n) is 9.28. The van der Waals surface area contributed by atoms with Crippen LogP contribution in [0.5, 0.6) is 11.5 Å². The summed E-state index contributed by atoms with van der Waals surface area (Å²) in [7, 11) is 3.08. The molecule has 0 unspecified atom stereocenters. The van der Waals surface area contributed by atoms with Crippen LogP contribution in [0.4, 0.5) is 22.0 Å². The number of benzene rings is 1. The van der Waals surface area contributed by atoms with E-state index in [0.29, 0.717) is 36.1 Å². The minimum absolute atomic E-state index is 0.328. The van der Waals surface area contributed by atoms with Crippen molar-refractivity contribution in [3.63, 3.8) is 0 Å². The van der Waals surface area contributed by atoms with E-state index in [9.17, 15) is 4.79 Å². The minimum atomic E-state index is -0.328. The number of ether oxygens (including phenoxy) is 2. The predicted octanol–water partition coefficient (Wildman–Crippen LogP) is 2.33. The van der Waals surface area contributed by atoms with E-state index in [1.807, 2.05) is 6.07 Å². The number of carbonyl (C=O) groups excluding carboxylic acids is 1. The molecule has 1 aromatic heterocycles. The lowest BCUT2D eigenvalue weighted by Crippen LogP contribution is -2.32. The first-order chi connectivity index (χ1) is 13.7. The van der Waals surface area contributed by atoms with Crippen LogP contribution in [0.2, 0.25) is 0 Å². The average molecular weight is 386 g/mol. The topological polar surface area (TPSA) is 101 Å². The molecule has 3 rings (SSSR count). The molecule has 0 saturated carbocycles. The number of hydrogen-bond acceptors (Lipinski definition) is 7. The number of nitrogens with one attached hydrogen (secondary N) is 3. The lowest BCUT2D eigenvalue weighted by molar-refractivity contribution is 0.252. The van der Waals surface area contributed by atoms with Crippen molar-refractivity contribution in [2.45, 2.75) is 12.8 Å². The predicted molar refractivity (Wildman–Crippen MR) is 109 cm³/mol. The zero-order valence-corrected chi connectivity index (χ0v) is 16.2. The van der Waals surface area contributed by atoms with E-state index >= 15 is 0 Å². The van der Waals surface area contributed by atoms with Crippen molar-refractivity contribution in [1.29, 1.82) is 0 Å². The molecule has 28 heavy (non-hydrogen) atoms. The number of amides is 2. The highest BCUT2D eigenvalue weighted by molar-refractivity contribution is 5.91. The molecule has 0 atom stereocenters. The van der Waals surface area contributed by atoms with Gasteiger partial charge in [0.1, 0.15) is 0 Å². The highest BCUT2D eigenvalue weighted by Gasteiger charge is 2.14. The Morgan fingerprint density at radius 1 is 1.18 bits per heavy atom. The smallest absolute Gasteiger partial charge is 0.319 e. The summed E-state index contributed by atoms with van der Waals surface area (Å²) < 4.78 is 10.5. The minimum Gasteiger partial charge on any atom is -0.493 e. The molecule has 9 nitrogen and oxygen atoms in total. The second-order valence-corrected chi connectivity index (χ2v) is 6.34. The fraction of sp³-hybridized carbons (Fsp3) is 0.421. The number of carbonyl (C=O) groups is 1. The lowest BCUT2D eigenvalue weighted by Gasteiger charge is -2.17. The Morgan fingerprint density at radius 3 is 2.75 bits per heavy atom. The maximum atomic E-state index is 12.1. The first-order valence-corrected chi connectivity index (χ1v) is 9.28. The van der Waals surface area contributed by atoms with Gasteiger partial charge in [0.25, 0.3) is 0 Å². The van der Waals surface area contributed by atoms with E-state index < -0.39 is 0 Å². The van der Waals surface area contributed by atoms with Gasteiger partial charge in [-0.3, -0.25) is 0 Å². The molecule has 1 aliphatic heterocycles. The summed E-state index contributed by atoms with van der Waals surface area (Å²) in [5.41, 5.74) is 1.61. The highest BCUT2D eigenvalue weighted by Crippen LogP contribution is 2.34. The number of urea groups is 1. The van der Waals surface area contributed by atoms with Crippen LogP contribution in [-0.2, 0) is 0 Å². The standard InChI is InChI=1S/C19H26N6O3/c1-27-16-7-5-6-15(18(16)28-2)23-19(26)21-9-8-20-17-12-14(13-22-24-17)25-10-3-4-11-25/h5-7,12-13H,3-4,8-11H2,1-2H3,(H,20,24)(H2,21,23,26). The number of para-hydroxylation sites is 1. The molecular weight excluding hydrogens is 360 g/mol. The van der Waals surface area contributed by atoms with Crippen LogP contribution < -0.4 is 30.3 Å². The Balaban J connectivity index is 1.45. The Bertz CT molecular complexity index is 795. The Hall–Kier alpha value is -3.23. The second-order valence-electron chi connectivity index (χ2n) is 6.34. The van der Waals surface area contributed by atoms with Gasteiger partial charge in [-0.05, 0) is 25.0 Å². The molecule has 1 fully saturated rings. The van der Waals surface area contributed by atoms with Crippen molar-refractivity contribution < 1.29 is 14.3 Å². The summed E-state index contributed by atoms with van der Waals surface area (Å²) in [5.74, 6) is 1.73. The molecule has 2 amide bonds. The molecule has 1 saturated heterocycles. The van der Waals surface area contributed by atoms with Gasteiger partial charge in [-0.25, -0.2) is 4.79 Å². The summed E-state index contributed by atoms with van der Waals surface area (Å²) in [6, 6.07) is 6.96. The summed E-state index contributed by atoms with van der Waals surface area (Å²) >= 11 is 0. The number of aromatic nitrogens is 2. The third-order valence-corrected chi connectivity index (χ3v) is 4.48. The van der Waals surface area contributed by atoms with Gasteiger partial charge in [-0.2, -0.15) is 5.10 Å². The fourth-order valence-electron chi connectivity index (χ4n) is 3.11. The van der Waals surface area contributed by atoms with Crippen LogP contribution >= 0.6 is 0 Å². The van der Waals surface area contributed by atoms with Crippen LogP contribution in [0.3, 0.4) is 0 Å². The normalized spacial score (nSPS) is 13.1. The van der Waals surface area contributed by atoms with Gasteiger partial charge in [0, 0.05) is 32.2 Å². The van der Waals surface area contributed by atoms with Crippen molar-refractivity contribution in [3.05, 3.63) is 30.5 Å². The number of methoxy groups -OCH3 is 2. The van der Waals surface area contributed by atoms with Crippen LogP contribution in [0, 0.1) is 0 Å². The van der Waals surface area contributed by atoms with Gasteiger partial charge in [0.2, 0.25) is 0 Å². The number of hydrogen-bond donors (Lipinski definition) is 3. The largest absolute Gasteiger partial charge is 0.493 e. The first kappa shape index (κ1) is 19.5. The highest BCUT2D eigenvalue weighted by atomic mass is 16.5. The van der Waals surface area contributed by atoms with Gasteiger partial charge >= 0.3 is 6.03 Å². The van der Waals surface area contributed by atoms with Gasteiger partial charge < -0.3 is 30.3 Å². The SMILES string of the molecule is COc1cccc(NC(=O)NCCNc2cc(N3CCCC3)cnn2)c1OC. The molecule has 2 aromatic rings. The molecule has 1 aromatic carbocycles. The van der Waals surface area contributed by atoms with Crippen molar-refractivity contribution in [2.24, 2.45) is 0 Å². The number of anilines is 3. The Kier molecular flexibility index (Phi) is 6.72. The van der Waals surface area contributed by atoms with Crippen LogP contribution in [0.15, 0.2) is 30.5 Å². The molecule has 0 radical (unpaired) electrons. The summed E-state index contributed by atoms with van der Waals surface area (Å²) in [4.78, 5) is 14.4. The second kappa shape index (κ2) is 9.63. The van der Waals surface area contributed by atoms with Crippen LogP contribution in [0.1, 0.15) is 12.8 Å². The average Bonchev–Trinajstić information content (AvgIpc) is 3.26. The maximum absolute atomic E-state index is 12.1. The van der Waals surface area contributed by atoms with E-state index in [4.69, 9.17) is 9.47 Å². The van der Waals surface area contributed by atoms with Gasteiger partial charge in [0.05, 0.1) is 31.8 Å². The molecule has 150 valence electrons. The lowest BCUT2D eigenvalue weighted by atomic mass is 10.2. The van der Waals surface area contributed by atoms with Gasteiger partial charge in [0.15, 0.2) is 17.3 Å². The number of rotatable bonds is 8. The van der Waals surface area contributed by atoms with Crippen LogP contribution in [-0.4, -0.2) is 56.6 Å². The Morgan fingerprint density at radius 2 is 2.00 bits per heavy atom.